The van der Waals surface area contributed by atoms with Gasteiger partial charge in [0.1, 0.15) is 6.04 Å². The second-order valence-electron chi connectivity index (χ2n) is 5.55. The molecule has 0 bridgehead atoms. The molecule has 0 aliphatic carbocycles. The highest BCUT2D eigenvalue weighted by Crippen LogP contribution is 2.16. The average molecular weight is 295 g/mol. The summed E-state index contributed by atoms with van der Waals surface area (Å²) < 4.78 is 5.43. The lowest BCUT2D eigenvalue weighted by Crippen LogP contribution is -2.48. The maximum absolute atomic E-state index is 11.9. The Morgan fingerprint density at radius 3 is 2.86 bits per heavy atom. The molecule has 2 rings (SSSR count). The van der Waals surface area contributed by atoms with E-state index in [-0.39, 0.29) is 17.8 Å². The van der Waals surface area contributed by atoms with E-state index < -0.39 is 6.04 Å². The van der Waals surface area contributed by atoms with E-state index in [1.54, 1.807) is 0 Å². The van der Waals surface area contributed by atoms with Gasteiger partial charge in [-0.25, -0.2) is 0 Å². The first-order chi connectivity index (χ1) is 9.97. The van der Waals surface area contributed by atoms with Crippen molar-refractivity contribution < 1.29 is 14.0 Å². The smallest absolute Gasteiger partial charge is 0.316 e. The Labute approximate surface area is 123 Å². The average Bonchev–Trinajstić information content (AvgIpc) is 2.87. The van der Waals surface area contributed by atoms with Crippen molar-refractivity contribution in [3.8, 4) is 0 Å². The lowest BCUT2D eigenvalue weighted by molar-refractivity contribution is -0.146. The summed E-state index contributed by atoms with van der Waals surface area (Å²) in [4.78, 5) is 24.5. The number of nitrogens with zero attached hydrogens (tertiary/aromatic N) is 3. The largest absolute Gasteiger partial charge is 0.407 e. The minimum atomic E-state index is -0.496. The normalized spacial score (nSPS) is 19.4. The Kier molecular flexibility index (Phi) is 4.89. The molecule has 1 aliphatic heterocycles. The van der Waals surface area contributed by atoms with Crippen LogP contribution in [-0.4, -0.2) is 46.5 Å². The van der Waals surface area contributed by atoms with Gasteiger partial charge < -0.3 is 15.1 Å². The maximum Gasteiger partial charge on any atom is 0.316 e. The summed E-state index contributed by atoms with van der Waals surface area (Å²) in [5.74, 6) is 0.565. The molecule has 1 unspecified atom stereocenters. The molecule has 0 radical (unpaired) electrons. The van der Waals surface area contributed by atoms with Gasteiger partial charge in [0.15, 0.2) is 0 Å². The number of likely N-dealkylation sites (tertiary alicyclic amines) is 1. The minimum Gasteiger partial charge on any atom is -0.407 e. The number of amides is 2. The summed E-state index contributed by atoms with van der Waals surface area (Å²) in [6.07, 6.45) is 0.766. The molecule has 2 N–H and O–H groups in total. The van der Waals surface area contributed by atoms with Crippen molar-refractivity contribution in [3.05, 3.63) is 5.89 Å². The summed E-state index contributed by atoms with van der Waals surface area (Å²) >= 11 is 0. The first kappa shape index (κ1) is 15.4. The van der Waals surface area contributed by atoms with Crippen LogP contribution in [0.1, 0.15) is 32.6 Å². The van der Waals surface area contributed by atoms with Crippen molar-refractivity contribution in [2.45, 2.75) is 39.3 Å². The molecule has 0 saturated carbocycles. The van der Waals surface area contributed by atoms with E-state index in [1.165, 1.54) is 7.05 Å². The van der Waals surface area contributed by atoms with Crippen LogP contribution in [0, 0.1) is 5.92 Å². The molecule has 2 amide bonds. The van der Waals surface area contributed by atoms with Crippen LogP contribution in [0.15, 0.2) is 4.42 Å². The highest BCUT2D eigenvalue weighted by atomic mass is 16.4. The van der Waals surface area contributed by atoms with E-state index in [4.69, 9.17) is 4.42 Å². The highest BCUT2D eigenvalue weighted by Gasteiger charge is 2.32. The third kappa shape index (κ3) is 4.01. The number of anilines is 1. The molecule has 1 aliphatic rings. The Morgan fingerprint density at radius 1 is 1.38 bits per heavy atom. The molecule has 1 aromatic heterocycles. The van der Waals surface area contributed by atoms with Gasteiger partial charge in [0, 0.05) is 13.5 Å². The molecule has 1 atom stereocenters. The van der Waals surface area contributed by atoms with Crippen molar-refractivity contribution in [3.63, 3.8) is 0 Å². The highest BCUT2D eigenvalue weighted by molar-refractivity contribution is 6.01. The van der Waals surface area contributed by atoms with Gasteiger partial charge in [-0.1, -0.05) is 18.9 Å². The summed E-state index contributed by atoms with van der Waals surface area (Å²) in [6.45, 7) is 5.57. The van der Waals surface area contributed by atoms with E-state index in [2.05, 4.69) is 34.7 Å². The summed E-state index contributed by atoms with van der Waals surface area (Å²) in [5.41, 5.74) is 0. The lowest BCUT2D eigenvalue weighted by Gasteiger charge is -2.27. The van der Waals surface area contributed by atoms with Gasteiger partial charge in [-0.2, -0.15) is 0 Å². The number of hydrogen-bond donors (Lipinski definition) is 2. The van der Waals surface area contributed by atoms with E-state index >= 15 is 0 Å². The van der Waals surface area contributed by atoms with Crippen molar-refractivity contribution >= 4 is 17.8 Å². The lowest BCUT2D eigenvalue weighted by atomic mass is 10.1. The van der Waals surface area contributed by atoms with Crippen molar-refractivity contribution in [1.29, 1.82) is 0 Å². The predicted octanol–water partition coefficient (Wildman–Crippen LogP) is 0.375. The fourth-order valence-corrected chi connectivity index (χ4v) is 2.05. The molecule has 116 valence electrons. The first-order valence-electron chi connectivity index (χ1n) is 7.07. The number of likely N-dealkylation sites (N-methyl/N-ethyl adjacent to an activating group) is 1. The van der Waals surface area contributed by atoms with Crippen LogP contribution in [-0.2, 0) is 16.1 Å². The second-order valence-corrected chi connectivity index (χ2v) is 5.55. The standard InChI is InChI=1S/C13H21N5O3/c1-8(2)6-14-7-10-16-17-13(21-10)15-9-4-5-11(19)18(3)12(9)20/h8-9,14H,4-7H2,1-3H3,(H,15,17). The van der Waals surface area contributed by atoms with Crippen molar-refractivity contribution in [2.75, 3.05) is 18.9 Å². The maximum atomic E-state index is 11.9. The third-order valence-corrected chi connectivity index (χ3v) is 3.24. The third-order valence-electron chi connectivity index (χ3n) is 3.24. The van der Waals surface area contributed by atoms with Crippen LogP contribution in [0.3, 0.4) is 0 Å². The van der Waals surface area contributed by atoms with E-state index in [1.807, 2.05) is 0 Å². The predicted molar refractivity (Wildman–Crippen MR) is 75.3 cm³/mol. The Hall–Kier alpha value is -1.96. The van der Waals surface area contributed by atoms with Gasteiger partial charge in [-0.15, -0.1) is 5.10 Å². The summed E-state index contributed by atoms with van der Waals surface area (Å²) in [7, 11) is 1.48. The zero-order valence-electron chi connectivity index (χ0n) is 12.5. The van der Waals surface area contributed by atoms with Crippen molar-refractivity contribution in [1.82, 2.24) is 20.4 Å². The van der Waals surface area contributed by atoms with Crippen molar-refractivity contribution in [2.24, 2.45) is 5.92 Å². The first-order valence-corrected chi connectivity index (χ1v) is 7.07. The molecule has 0 spiro atoms. The number of imide groups is 1. The minimum absolute atomic E-state index is 0.165. The zero-order valence-corrected chi connectivity index (χ0v) is 12.5. The number of carbonyl (C=O) groups is 2. The Bertz CT molecular complexity index is 514. The molecule has 1 fully saturated rings. The zero-order chi connectivity index (χ0) is 15.4. The summed E-state index contributed by atoms with van der Waals surface area (Å²) in [5, 5.41) is 13.9. The number of carbonyl (C=O) groups excluding carboxylic acids is 2. The molecule has 8 heteroatoms. The van der Waals surface area contributed by atoms with Crippen LogP contribution in [0.5, 0.6) is 0 Å². The Balaban J connectivity index is 1.87. The number of piperidine rings is 1. The van der Waals surface area contributed by atoms with Gasteiger partial charge in [0.25, 0.3) is 5.91 Å². The molecular formula is C13H21N5O3. The molecule has 8 nitrogen and oxygen atoms in total. The van der Waals surface area contributed by atoms with Gasteiger partial charge in [-0.3, -0.25) is 14.5 Å². The van der Waals surface area contributed by atoms with Gasteiger partial charge in [-0.05, 0) is 18.9 Å². The fourth-order valence-electron chi connectivity index (χ4n) is 2.05. The van der Waals surface area contributed by atoms with Crippen LogP contribution in [0.4, 0.5) is 6.01 Å². The molecule has 21 heavy (non-hydrogen) atoms. The monoisotopic (exact) mass is 295 g/mol. The molecule has 2 heterocycles. The number of aromatic nitrogens is 2. The van der Waals surface area contributed by atoms with Crippen LogP contribution >= 0.6 is 0 Å². The van der Waals surface area contributed by atoms with E-state index in [0.717, 1.165) is 11.4 Å². The van der Waals surface area contributed by atoms with Crippen LogP contribution in [0.25, 0.3) is 0 Å². The number of rotatable bonds is 6. The topological polar surface area (TPSA) is 100 Å². The van der Waals surface area contributed by atoms with Crippen LogP contribution < -0.4 is 10.6 Å². The van der Waals surface area contributed by atoms with Gasteiger partial charge in [0.2, 0.25) is 11.8 Å². The number of nitrogens with one attached hydrogen (secondary N) is 2. The van der Waals surface area contributed by atoms with Gasteiger partial charge >= 0.3 is 6.01 Å². The summed E-state index contributed by atoms with van der Waals surface area (Å²) in [6, 6.07) is -0.290. The SMILES string of the molecule is CC(C)CNCc1nnc(NC2CCC(=O)N(C)C2=O)o1. The molecule has 1 saturated heterocycles. The van der Waals surface area contributed by atoms with Crippen LogP contribution in [0.2, 0.25) is 0 Å². The quantitative estimate of drug-likeness (QED) is 0.731. The Morgan fingerprint density at radius 2 is 2.14 bits per heavy atom. The fraction of sp³-hybridized carbons (Fsp3) is 0.692. The van der Waals surface area contributed by atoms with E-state index in [0.29, 0.717) is 31.2 Å². The molecular weight excluding hydrogens is 274 g/mol. The molecule has 0 aromatic carbocycles. The second kappa shape index (κ2) is 6.66. The molecule has 1 aromatic rings. The number of hydrogen-bond acceptors (Lipinski definition) is 7. The van der Waals surface area contributed by atoms with E-state index in [9.17, 15) is 9.59 Å². The van der Waals surface area contributed by atoms with Gasteiger partial charge in [0.05, 0.1) is 6.54 Å².